The minimum absolute atomic E-state index is 0.0686. The first-order valence-electron chi connectivity index (χ1n) is 8.02. The molecule has 0 aliphatic carbocycles. The van der Waals surface area contributed by atoms with E-state index < -0.39 is 11.7 Å². The van der Waals surface area contributed by atoms with Crippen LogP contribution in [0, 0.1) is 9.49 Å². The molecule has 1 rings (SSSR count). The van der Waals surface area contributed by atoms with E-state index >= 15 is 0 Å². The third-order valence-electron chi connectivity index (χ3n) is 3.28. The molecule has 0 bridgehead atoms. The molecule has 0 aliphatic rings. The minimum Gasteiger partial charge on any atom is -0.443 e. The fraction of sp³-hybridized carbons (Fsp3) is 0.474. The quantitative estimate of drug-likeness (QED) is 0.471. The Balaban J connectivity index is 3.34. The van der Waals surface area contributed by atoms with Crippen LogP contribution in [0.25, 0.3) is 0 Å². The van der Waals surface area contributed by atoms with Crippen molar-refractivity contribution in [2.45, 2.75) is 53.2 Å². The largest absolute Gasteiger partial charge is 0.443 e. The maximum absolute atomic E-state index is 13.1. The molecule has 0 radical (unpaired) electrons. The van der Waals surface area contributed by atoms with E-state index in [2.05, 4.69) is 22.6 Å². The van der Waals surface area contributed by atoms with Crippen LogP contribution in [0.1, 0.15) is 51.9 Å². The van der Waals surface area contributed by atoms with Gasteiger partial charge in [0.05, 0.1) is 11.6 Å². The summed E-state index contributed by atoms with van der Waals surface area (Å²) in [7, 11) is 0. The van der Waals surface area contributed by atoms with Gasteiger partial charge in [-0.15, -0.1) is 0 Å². The van der Waals surface area contributed by atoms with Gasteiger partial charge in [-0.05, 0) is 68.3 Å². The van der Waals surface area contributed by atoms with Gasteiger partial charge in [-0.2, -0.15) is 0 Å². The highest BCUT2D eigenvalue weighted by Gasteiger charge is 2.35. The molecule has 1 atom stereocenters. The number of halogens is 1. The van der Waals surface area contributed by atoms with Gasteiger partial charge in [0, 0.05) is 3.57 Å². The van der Waals surface area contributed by atoms with Crippen LogP contribution in [-0.4, -0.2) is 28.5 Å². The number of rotatable bonds is 4. The van der Waals surface area contributed by atoms with Crippen molar-refractivity contribution in [3.63, 3.8) is 0 Å². The van der Waals surface area contributed by atoms with E-state index in [0.29, 0.717) is 5.56 Å². The summed E-state index contributed by atoms with van der Waals surface area (Å²) >= 11 is 2.11. The molecular weight excluding hydrogens is 417 g/mol. The van der Waals surface area contributed by atoms with E-state index in [4.69, 9.17) is 4.74 Å². The summed E-state index contributed by atoms with van der Waals surface area (Å²) in [6.45, 7) is 11.2. The molecule has 1 aromatic rings. The lowest BCUT2D eigenvalue weighted by atomic mass is 10.0. The highest BCUT2D eigenvalue weighted by atomic mass is 127. The minimum atomic E-state index is -0.670. The maximum Gasteiger partial charge on any atom is 0.417 e. The second-order valence-corrected chi connectivity index (χ2v) is 8.06. The number of nitrogens with zero attached hydrogens (tertiary/aromatic N) is 1. The van der Waals surface area contributed by atoms with Gasteiger partial charge in [0.1, 0.15) is 5.60 Å². The highest BCUT2D eigenvalue weighted by molar-refractivity contribution is 14.1. The van der Waals surface area contributed by atoms with E-state index in [0.717, 1.165) is 3.57 Å². The normalized spacial score (nSPS) is 13.2. The Morgan fingerprint density at radius 1 is 1.21 bits per heavy atom. The average Bonchev–Trinajstić information content (AvgIpc) is 2.44. The summed E-state index contributed by atoms with van der Waals surface area (Å²) in [5.74, 6) is -0.273. The van der Waals surface area contributed by atoms with Crippen LogP contribution in [0.2, 0.25) is 0 Å². The molecule has 0 fully saturated rings. The molecule has 0 N–H and O–H groups in total. The lowest BCUT2D eigenvalue weighted by molar-refractivity contribution is 0.0165. The van der Waals surface area contributed by atoms with E-state index in [-0.39, 0.29) is 17.9 Å². The lowest BCUT2D eigenvalue weighted by Crippen LogP contribution is -2.48. The van der Waals surface area contributed by atoms with Gasteiger partial charge < -0.3 is 4.74 Å². The van der Waals surface area contributed by atoms with E-state index in [9.17, 15) is 9.59 Å². The molecule has 0 unspecified atom stereocenters. The topological polar surface area (TPSA) is 46.6 Å². The Kier molecular flexibility index (Phi) is 7.45. The zero-order valence-electron chi connectivity index (χ0n) is 15.2. The Morgan fingerprint density at radius 3 is 2.25 bits per heavy atom. The Labute approximate surface area is 158 Å². The molecule has 4 nitrogen and oxygen atoms in total. The fourth-order valence-corrected chi connectivity index (χ4v) is 2.84. The molecule has 0 saturated heterocycles. The zero-order valence-corrected chi connectivity index (χ0v) is 17.3. The second-order valence-electron chi connectivity index (χ2n) is 6.90. The predicted molar refractivity (Wildman–Crippen MR) is 105 cm³/mol. The standard InChI is InChI=1S/C19H26INO3/c1-7-10-16(13(2)3)21(18(23)24-19(4,5)6)17(22)14-11-8-9-12-15(14)20/h7-13,16H,1-6H3/b10-7-/t16-/m1/s1. The summed E-state index contributed by atoms with van der Waals surface area (Å²) in [6, 6.07) is 6.87. The number of ether oxygens (including phenoxy) is 1. The second kappa shape index (κ2) is 8.65. The van der Waals surface area contributed by atoms with Gasteiger partial charge in [0.15, 0.2) is 0 Å². The first-order valence-corrected chi connectivity index (χ1v) is 9.10. The summed E-state index contributed by atoms with van der Waals surface area (Å²) in [5.41, 5.74) is -0.171. The average molecular weight is 443 g/mol. The lowest BCUT2D eigenvalue weighted by Gasteiger charge is -2.33. The Bertz CT molecular complexity index is 617. The summed E-state index contributed by atoms with van der Waals surface area (Å²) in [5, 5.41) is 0. The number of allylic oxidation sites excluding steroid dienone is 1. The van der Waals surface area contributed by atoms with Crippen LogP contribution in [-0.2, 0) is 4.74 Å². The van der Waals surface area contributed by atoms with Gasteiger partial charge in [-0.1, -0.05) is 38.1 Å². The number of carbonyl (C=O) groups is 2. The number of imide groups is 1. The monoisotopic (exact) mass is 443 g/mol. The summed E-state index contributed by atoms with van der Waals surface area (Å²) in [4.78, 5) is 27.1. The molecule has 0 spiro atoms. The molecule has 1 aromatic carbocycles. The van der Waals surface area contributed by atoms with E-state index in [1.54, 1.807) is 32.9 Å². The van der Waals surface area contributed by atoms with Crippen molar-refractivity contribution >= 4 is 34.6 Å². The third-order valence-corrected chi connectivity index (χ3v) is 4.22. The highest BCUT2D eigenvalue weighted by Crippen LogP contribution is 2.22. The van der Waals surface area contributed by atoms with Crippen LogP contribution >= 0.6 is 22.6 Å². The molecule has 132 valence electrons. The molecule has 0 aliphatic heterocycles. The third kappa shape index (κ3) is 5.61. The van der Waals surface area contributed by atoms with E-state index in [1.807, 2.05) is 45.1 Å². The summed E-state index contributed by atoms with van der Waals surface area (Å²) < 4.78 is 6.29. The van der Waals surface area contributed by atoms with Crippen molar-refractivity contribution < 1.29 is 14.3 Å². The number of carbonyl (C=O) groups excluding carboxylic acids is 2. The zero-order chi connectivity index (χ0) is 18.5. The first-order chi connectivity index (χ1) is 11.1. The molecule has 24 heavy (non-hydrogen) atoms. The summed E-state index contributed by atoms with van der Waals surface area (Å²) in [6.07, 6.45) is 3.09. The van der Waals surface area contributed by atoms with Gasteiger partial charge in [-0.25, -0.2) is 9.69 Å². The van der Waals surface area contributed by atoms with Crippen LogP contribution in [0.4, 0.5) is 4.79 Å². The van der Waals surface area contributed by atoms with Crippen LogP contribution in [0.15, 0.2) is 36.4 Å². The van der Waals surface area contributed by atoms with Crippen molar-refractivity contribution in [1.29, 1.82) is 0 Å². The number of benzene rings is 1. The van der Waals surface area contributed by atoms with Gasteiger partial charge in [0.2, 0.25) is 0 Å². The van der Waals surface area contributed by atoms with Crippen molar-refractivity contribution in [2.75, 3.05) is 0 Å². The van der Waals surface area contributed by atoms with Gasteiger partial charge in [0.25, 0.3) is 5.91 Å². The van der Waals surface area contributed by atoms with Crippen molar-refractivity contribution in [3.8, 4) is 0 Å². The van der Waals surface area contributed by atoms with Gasteiger partial charge >= 0.3 is 6.09 Å². The maximum atomic E-state index is 13.1. The van der Waals surface area contributed by atoms with Crippen molar-refractivity contribution in [1.82, 2.24) is 4.90 Å². The molecule has 0 heterocycles. The smallest absolute Gasteiger partial charge is 0.417 e. The number of hydrogen-bond acceptors (Lipinski definition) is 3. The van der Waals surface area contributed by atoms with Gasteiger partial charge in [-0.3, -0.25) is 4.79 Å². The predicted octanol–water partition coefficient (Wildman–Crippen LogP) is 5.27. The van der Waals surface area contributed by atoms with E-state index in [1.165, 1.54) is 4.90 Å². The molecule has 0 saturated carbocycles. The number of amides is 2. The molecular formula is C19H26INO3. The van der Waals surface area contributed by atoms with Crippen molar-refractivity contribution in [2.24, 2.45) is 5.92 Å². The molecule has 0 aromatic heterocycles. The van der Waals surface area contributed by atoms with Crippen LogP contribution in [0.3, 0.4) is 0 Å². The SMILES string of the molecule is C/C=C\[C@H](C(C)C)N(C(=O)OC(C)(C)C)C(=O)c1ccccc1I. The fourth-order valence-electron chi connectivity index (χ4n) is 2.22. The molecule has 5 heteroatoms. The first kappa shape index (κ1) is 20.7. The molecule has 2 amide bonds. The Hall–Kier alpha value is -1.37. The van der Waals surface area contributed by atoms with Crippen LogP contribution in [0.5, 0.6) is 0 Å². The van der Waals surface area contributed by atoms with Crippen LogP contribution < -0.4 is 0 Å². The number of hydrogen-bond donors (Lipinski definition) is 0. The van der Waals surface area contributed by atoms with Crippen molar-refractivity contribution in [3.05, 3.63) is 45.6 Å². The Morgan fingerprint density at radius 2 is 1.79 bits per heavy atom.